The Morgan fingerprint density at radius 1 is 1.12 bits per heavy atom. The Morgan fingerprint density at radius 3 is 2.55 bits per heavy atom. The van der Waals surface area contributed by atoms with Crippen LogP contribution in [0.4, 0.5) is 5.69 Å². The van der Waals surface area contributed by atoms with Crippen molar-refractivity contribution in [1.82, 2.24) is 15.5 Å². The first-order valence-corrected chi connectivity index (χ1v) is 11.8. The molecular weight excluding hydrogens is 436 g/mol. The third kappa shape index (κ3) is 4.39. The fourth-order valence-electron chi connectivity index (χ4n) is 3.77. The highest BCUT2D eigenvalue weighted by atomic mass is 32.1. The van der Waals surface area contributed by atoms with Gasteiger partial charge in [0.1, 0.15) is 0 Å². The number of carbonyl (C=O) groups is 2. The number of rotatable bonds is 6. The first-order valence-electron chi connectivity index (χ1n) is 10.9. The molecule has 0 spiro atoms. The van der Waals surface area contributed by atoms with E-state index in [-0.39, 0.29) is 23.8 Å². The minimum absolute atomic E-state index is 0.0756. The number of aromatic nitrogens is 2. The molecule has 1 fully saturated rings. The number of anilines is 1. The molecule has 0 saturated heterocycles. The Balaban J connectivity index is 1.38. The second kappa shape index (κ2) is 8.44. The van der Waals surface area contributed by atoms with Crippen LogP contribution in [0.25, 0.3) is 21.7 Å². The number of nitrogens with zero attached hydrogens (tertiary/aromatic N) is 2. The van der Waals surface area contributed by atoms with Gasteiger partial charge in [-0.3, -0.25) is 9.59 Å². The number of fused-ring (bicyclic) bond motifs is 1. The molecule has 3 heterocycles. The molecule has 1 atom stereocenters. The number of carbonyl (C=O) groups excluding carboxylic acids is 2. The largest absolute Gasteiger partial charge is 0.345 e. The molecule has 1 aromatic carbocycles. The first-order chi connectivity index (χ1) is 15.9. The maximum Gasteiger partial charge on any atom is 0.259 e. The number of nitrogens with one attached hydrogen (secondary N) is 2. The van der Waals surface area contributed by atoms with Gasteiger partial charge in [-0.2, -0.15) is 0 Å². The summed E-state index contributed by atoms with van der Waals surface area (Å²) in [6.07, 6.45) is 1.93. The third-order valence-corrected chi connectivity index (χ3v) is 6.85. The molecule has 2 amide bonds. The van der Waals surface area contributed by atoms with Gasteiger partial charge in [-0.25, -0.2) is 4.98 Å². The van der Waals surface area contributed by atoms with E-state index in [0.29, 0.717) is 28.1 Å². The number of hydrogen-bond acceptors (Lipinski definition) is 6. The maximum atomic E-state index is 13.3. The Morgan fingerprint density at radius 2 is 1.88 bits per heavy atom. The normalized spacial score (nSPS) is 14.3. The summed E-state index contributed by atoms with van der Waals surface area (Å²) in [4.78, 5) is 32.0. The van der Waals surface area contributed by atoms with Crippen molar-refractivity contribution in [3.8, 4) is 10.6 Å². The quantitative estimate of drug-likeness (QED) is 0.401. The van der Waals surface area contributed by atoms with E-state index in [1.165, 1.54) is 0 Å². The lowest BCUT2D eigenvalue weighted by Gasteiger charge is -2.16. The summed E-state index contributed by atoms with van der Waals surface area (Å²) in [5.41, 5.74) is 3.85. The third-order valence-electron chi connectivity index (χ3n) is 5.83. The smallest absolute Gasteiger partial charge is 0.259 e. The summed E-state index contributed by atoms with van der Waals surface area (Å²) < 4.78 is 5.39. The second-order valence-corrected chi connectivity index (χ2v) is 9.78. The number of aryl methyl sites for hydroxylation is 2. The summed E-state index contributed by atoms with van der Waals surface area (Å²) in [5, 5.41) is 10.6. The van der Waals surface area contributed by atoms with Gasteiger partial charge >= 0.3 is 0 Å². The molecule has 0 aliphatic heterocycles. The zero-order valence-electron chi connectivity index (χ0n) is 18.6. The van der Waals surface area contributed by atoms with E-state index < -0.39 is 0 Å². The highest BCUT2D eigenvalue weighted by Crippen LogP contribution is 2.32. The molecule has 1 saturated carbocycles. The van der Waals surface area contributed by atoms with Crippen molar-refractivity contribution < 1.29 is 14.1 Å². The minimum atomic E-state index is -0.235. The molecule has 5 rings (SSSR count). The minimum Gasteiger partial charge on any atom is -0.345 e. The van der Waals surface area contributed by atoms with Crippen LogP contribution in [0.5, 0.6) is 0 Å². The van der Waals surface area contributed by atoms with E-state index in [2.05, 4.69) is 20.8 Å². The molecule has 1 aliphatic rings. The first kappa shape index (κ1) is 21.3. The average molecular weight is 461 g/mol. The fourth-order valence-corrected chi connectivity index (χ4v) is 4.60. The van der Waals surface area contributed by atoms with E-state index in [1.807, 2.05) is 50.2 Å². The van der Waals surface area contributed by atoms with Crippen LogP contribution in [-0.2, 0) is 4.79 Å². The number of hydrogen-bond donors (Lipinski definition) is 2. The molecule has 4 aromatic rings. The van der Waals surface area contributed by atoms with E-state index in [9.17, 15) is 9.59 Å². The van der Waals surface area contributed by atoms with E-state index in [4.69, 9.17) is 4.52 Å². The van der Waals surface area contributed by atoms with Crippen molar-refractivity contribution in [2.24, 2.45) is 5.92 Å². The Bertz CT molecular complexity index is 1350. The lowest BCUT2D eigenvalue weighted by atomic mass is 10.1. The molecule has 168 valence electrons. The van der Waals surface area contributed by atoms with Crippen LogP contribution in [0.1, 0.15) is 52.3 Å². The standard InChI is InChI=1S/C25H24N4O3S/c1-13-4-11-21(33-13)20-12-19(22-15(3)29-32-25(22)28-20)24(31)26-14(2)16-7-9-18(10-8-16)27-23(30)17-5-6-17/h4,7-12,14,17H,5-6H2,1-3H3,(H,26,31)(H,27,30). The maximum absolute atomic E-state index is 13.3. The van der Waals surface area contributed by atoms with Crippen LogP contribution in [0.2, 0.25) is 0 Å². The Kier molecular flexibility index (Phi) is 5.46. The fraction of sp³-hybridized carbons (Fsp3) is 0.280. The van der Waals surface area contributed by atoms with Gasteiger partial charge in [-0.1, -0.05) is 17.3 Å². The molecular formula is C25H24N4O3S. The summed E-state index contributed by atoms with van der Waals surface area (Å²) in [6.45, 7) is 5.76. The Labute approximate surface area is 195 Å². The SMILES string of the molecule is Cc1ccc(-c2cc(C(=O)NC(C)c3ccc(NC(=O)C4CC4)cc3)c3c(C)noc3n2)s1. The lowest BCUT2D eigenvalue weighted by molar-refractivity contribution is -0.117. The molecule has 0 bridgehead atoms. The van der Waals surface area contributed by atoms with Crippen LogP contribution in [0.3, 0.4) is 0 Å². The van der Waals surface area contributed by atoms with E-state index in [0.717, 1.165) is 33.8 Å². The zero-order valence-corrected chi connectivity index (χ0v) is 19.5. The second-order valence-electron chi connectivity index (χ2n) is 8.49. The summed E-state index contributed by atoms with van der Waals surface area (Å²) >= 11 is 1.61. The van der Waals surface area contributed by atoms with E-state index >= 15 is 0 Å². The Hall–Kier alpha value is -3.52. The number of pyridine rings is 1. The summed E-state index contributed by atoms with van der Waals surface area (Å²) in [6, 6.07) is 13.1. The van der Waals surface area contributed by atoms with Crippen molar-refractivity contribution >= 4 is 39.9 Å². The molecule has 3 aromatic heterocycles. The van der Waals surface area contributed by atoms with E-state index in [1.54, 1.807) is 24.3 Å². The van der Waals surface area contributed by atoms with Crippen molar-refractivity contribution in [1.29, 1.82) is 0 Å². The van der Waals surface area contributed by atoms with Crippen LogP contribution in [0.15, 0.2) is 47.0 Å². The monoisotopic (exact) mass is 460 g/mol. The molecule has 2 N–H and O–H groups in total. The molecule has 33 heavy (non-hydrogen) atoms. The molecule has 1 aliphatic carbocycles. The van der Waals surface area contributed by atoms with Crippen LogP contribution in [0, 0.1) is 19.8 Å². The number of amides is 2. The summed E-state index contributed by atoms with van der Waals surface area (Å²) in [5.74, 6) is 0.0115. The van der Waals surface area contributed by atoms with Crippen LogP contribution < -0.4 is 10.6 Å². The van der Waals surface area contributed by atoms with Gasteiger partial charge in [0.25, 0.3) is 11.6 Å². The van der Waals surface area contributed by atoms with Crippen LogP contribution >= 0.6 is 11.3 Å². The van der Waals surface area contributed by atoms with Crippen molar-refractivity contribution in [3.05, 3.63) is 64.2 Å². The van der Waals surface area contributed by atoms with Crippen molar-refractivity contribution in [3.63, 3.8) is 0 Å². The van der Waals surface area contributed by atoms with Gasteiger partial charge in [0.05, 0.1) is 33.3 Å². The van der Waals surface area contributed by atoms with Crippen molar-refractivity contribution in [2.75, 3.05) is 5.32 Å². The topological polar surface area (TPSA) is 97.1 Å². The number of benzene rings is 1. The van der Waals surface area contributed by atoms with Gasteiger partial charge in [-0.05, 0) is 69.5 Å². The zero-order chi connectivity index (χ0) is 23.1. The predicted octanol–water partition coefficient (Wildman–Crippen LogP) is 5.41. The van der Waals surface area contributed by atoms with Gasteiger partial charge in [0.15, 0.2) is 0 Å². The molecule has 0 radical (unpaired) electrons. The van der Waals surface area contributed by atoms with Gasteiger partial charge in [-0.15, -0.1) is 11.3 Å². The average Bonchev–Trinajstić information content (AvgIpc) is 3.47. The molecule has 8 heteroatoms. The van der Waals surface area contributed by atoms with Gasteiger partial charge in [0.2, 0.25) is 5.91 Å². The molecule has 1 unspecified atom stereocenters. The van der Waals surface area contributed by atoms with Crippen LogP contribution in [-0.4, -0.2) is 22.0 Å². The van der Waals surface area contributed by atoms with Gasteiger partial charge < -0.3 is 15.2 Å². The number of thiophene rings is 1. The predicted molar refractivity (Wildman–Crippen MR) is 128 cm³/mol. The van der Waals surface area contributed by atoms with Gasteiger partial charge in [0, 0.05) is 16.5 Å². The molecule has 7 nitrogen and oxygen atoms in total. The summed E-state index contributed by atoms with van der Waals surface area (Å²) in [7, 11) is 0. The lowest BCUT2D eigenvalue weighted by Crippen LogP contribution is -2.27. The van der Waals surface area contributed by atoms with Crippen molar-refractivity contribution in [2.45, 2.75) is 39.7 Å². The highest BCUT2D eigenvalue weighted by molar-refractivity contribution is 7.15. The highest BCUT2D eigenvalue weighted by Gasteiger charge is 2.29.